The molecular weight excluding hydrogens is 308 g/mol. The van der Waals surface area contributed by atoms with Gasteiger partial charge in [-0.05, 0) is 48.5 Å². The van der Waals surface area contributed by atoms with Crippen LogP contribution in [0.2, 0.25) is 5.02 Å². The molecule has 0 fully saturated rings. The van der Waals surface area contributed by atoms with Crippen molar-refractivity contribution in [2.75, 3.05) is 5.73 Å². The highest BCUT2D eigenvalue weighted by molar-refractivity contribution is 6.30. The Morgan fingerprint density at radius 3 is 2.13 bits per heavy atom. The van der Waals surface area contributed by atoms with Crippen LogP contribution < -0.4 is 5.73 Å². The smallest absolute Gasteiger partial charge is 0.181 e. The molecule has 2 aromatic carbocycles. The lowest BCUT2D eigenvalue weighted by Crippen LogP contribution is -2.18. The number of aromatic nitrogens is 3. The molecule has 0 aliphatic carbocycles. The number of nitrogen functional groups attached to an aromatic ring is 1. The van der Waals surface area contributed by atoms with E-state index in [-0.39, 0.29) is 5.41 Å². The van der Waals surface area contributed by atoms with Crippen molar-refractivity contribution in [2.24, 2.45) is 0 Å². The first-order valence-corrected chi connectivity index (χ1v) is 7.82. The van der Waals surface area contributed by atoms with Gasteiger partial charge >= 0.3 is 0 Å². The minimum absolute atomic E-state index is 0.140. The zero-order valence-corrected chi connectivity index (χ0v) is 14.2. The van der Waals surface area contributed by atoms with Crippen molar-refractivity contribution in [3.05, 3.63) is 59.4 Å². The summed E-state index contributed by atoms with van der Waals surface area (Å²) in [7, 11) is 0. The van der Waals surface area contributed by atoms with Gasteiger partial charge in [0.15, 0.2) is 5.82 Å². The van der Waals surface area contributed by atoms with Gasteiger partial charge in [-0.25, -0.2) is 9.67 Å². The van der Waals surface area contributed by atoms with E-state index in [1.54, 1.807) is 0 Å². The lowest BCUT2D eigenvalue weighted by molar-refractivity contribution is 0.526. The van der Waals surface area contributed by atoms with Crippen LogP contribution in [0.5, 0.6) is 0 Å². The van der Waals surface area contributed by atoms with Gasteiger partial charge in [0.05, 0.1) is 5.69 Å². The van der Waals surface area contributed by atoms with E-state index in [1.807, 2.05) is 53.2 Å². The Kier molecular flexibility index (Phi) is 3.86. The molecule has 2 N–H and O–H groups in total. The summed E-state index contributed by atoms with van der Waals surface area (Å²) >= 11 is 5.99. The molecule has 0 bridgehead atoms. The number of halogens is 1. The molecule has 118 valence electrons. The summed E-state index contributed by atoms with van der Waals surface area (Å²) in [5.74, 6) is 1.58. The first-order valence-electron chi connectivity index (χ1n) is 7.44. The fourth-order valence-electron chi connectivity index (χ4n) is 2.31. The largest absolute Gasteiger partial charge is 0.399 e. The maximum absolute atomic E-state index is 5.99. The molecule has 0 radical (unpaired) electrons. The van der Waals surface area contributed by atoms with Crippen molar-refractivity contribution in [3.8, 4) is 17.1 Å². The van der Waals surface area contributed by atoms with Gasteiger partial charge in [-0.2, -0.15) is 0 Å². The van der Waals surface area contributed by atoms with Crippen LogP contribution in [-0.4, -0.2) is 14.8 Å². The number of hydrogen-bond donors (Lipinski definition) is 1. The number of anilines is 1. The molecule has 0 saturated heterocycles. The number of nitrogens with two attached hydrogens (primary N) is 1. The quantitative estimate of drug-likeness (QED) is 0.707. The maximum Gasteiger partial charge on any atom is 0.181 e. The zero-order chi connectivity index (χ0) is 16.6. The van der Waals surface area contributed by atoms with E-state index in [4.69, 9.17) is 27.4 Å². The highest BCUT2D eigenvalue weighted by Gasteiger charge is 2.24. The van der Waals surface area contributed by atoms with Gasteiger partial charge in [-0.3, -0.25) is 0 Å². The summed E-state index contributed by atoms with van der Waals surface area (Å²) < 4.78 is 1.88. The van der Waals surface area contributed by atoms with Crippen molar-refractivity contribution in [2.45, 2.75) is 26.2 Å². The van der Waals surface area contributed by atoms with Crippen molar-refractivity contribution < 1.29 is 0 Å². The van der Waals surface area contributed by atoms with Gasteiger partial charge in [0.25, 0.3) is 0 Å². The molecule has 0 aliphatic heterocycles. The van der Waals surface area contributed by atoms with Crippen LogP contribution in [0.1, 0.15) is 26.6 Å². The Labute approximate surface area is 140 Å². The Balaban J connectivity index is 2.14. The first-order chi connectivity index (χ1) is 10.8. The standard InChI is InChI=1S/C18H19ClN4/c1-18(2,3)17-21-16(12-4-8-14(20)9-5-12)22-23(17)15-10-6-13(19)7-11-15/h4-11H,20H2,1-3H3. The third-order valence-corrected chi connectivity index (χ3v) is 3.77. The SMILES string of the molecule is CC(C)(C)c1nc(-c2ccc(N)cc2)nn1-c1ccc(Cl)cc1. The molecule has 0 unspecified atom stereocenters. The molecule has 0 aliphatic rings. The van der Waals surface area contributed by atoms with Crippen LogP contribution >= 0.6 is 11.6 Å². The highest BCUT2D eigenvalue weighted by Crippen LogP contribution is 2.27. The minimum atomic E-state index is -0.140. The molecule has 4 nitrogen and oxygen atoms in total. The van der Waals surface area contributed by atoms with Gasteiger partial charge in [-0.15, -0.1) is 5.10 Å². The predicted molar refractivity (Wildman–Crippen MR) is 94.9 cm³/mol. The minimum Gasteiger partial charge on any atom is -0.399 e. The van der Waals surface area contributed by atoms with Crippen molar-refractivity contribution in [1.29, 1.82) is 0 Å². The summed E-state index contributed by atoms with van der Waals surface area (Å²) in [4.78, 5) is 4.76. The normalized spacial score (nSPS) is 11.7. The van der Waals surface area contributed by atoms with Crippen molar-refractivity contribution in [1.82, 2.24) is 14.8 Å². The molecule has 0 spiro atoms. The molecule has 0 saturated carbocycles. The lowest BCUT2D eigenvalue weighted by atomic mass is 9.95. The third-order valence-electron chi connectivity index (χ3n) is 3.52. The summed E-state index contributed by atoms with van der Waals surface area (Å²) in [5, 5.41) is 5.40. The average molecular weight is 327 g/mol. The van der Waals surface area contributed by atoms with Gasteiger partial charge in [0.1, 0.15) is 5.82 Å². The Bertz CT molecular complexity index is 812. The molecule has 3 rings (SSSR count). The fraction of sp³-hybridized carbons (Fsp3) is 0.222. The molecule has 23 heavy (non-hydrogen) atoms. The fourth-order valence-corrected chi connectivity index (χ4v) is 2.44. The van der Waals surface area contributed by atoms with Gasteiger partial charge in [0.2, 0.25) is 0 Å². The highest BCUT2D eigenvalue weighted by atomic mass is 35.5. The predicted octanol–water partition coefficient (Wildman–Crippen LogP) is 4.47. The third kappa shape index (κ3) is 3.22. The van der Waals surface area contributed by atoms with Gasteiger partial charge in [0, 0.05) is 21.7 Å². The van der Waals surface area contributed by atoms with Gasteiger partial charge in [-0.1, -0.05) is 32.4 Å². The number of benzene rings is 2. The molecular formula is C18H19ClN4. The van der Waals surface area contributed by atoms with E-state index in [2.05, 4.69) is 20.8 Å². The van der Waals surface area contributed by atoms with Crippen molar-refractivity contribution >= 4 is 17.3 Å². The summed E-state index contributed by atoms with van der Waals surface area (Å²) in [6.07, 6.45) is 0. The van der Waals surface area contributed by atoms with E-state index in [0.29, 0.717) is 10.8 Å². The van der Waals surface area contributed by atoms with Crippen LogP contribution in [0.25, 0.3) is 17.1 Å². The van der Waals surface area contributed by atoms with E-state index in [9.17, 15) is 0 Å². The Morgan fingerprint density at radius 2 is 1.57 bits per heavy atom. The number of rotatable bonds is 2. The summed E-state index contributed by atoms with van der Waals surface area (Å²) in [6.45, 7) is 6.36. The molecule has 0 amide bonds. The second-order valence-corrected chi connectivity index (χ2v) is 6.96. The van der Waals surface area contributed by atoms with Crippen LogP contribution in [-0.2, 0) is 5.41 Å². The zero-order valence-electron chi connectivity index (χ0n) is 13.4. The lowest BCUT2D eigenvalue weighted by Gasteiger charge is -2.18. The van der Waals surface area contributed by atoms with Gasteiger partial charge < -0.3 is 5.73 Å². The summed E-state index contributed by atoms with van der Waals surface area (Å²) in [6, 6.07) is 15.2. The van der Waals surface area contributed by atoms with Crippen LogP contribution in [0.3, 0.4) is 0 Å². The van der Waals surface area contributed by atoms with Crippen molar-refractivity contribution in [3.63, 3.8) is 0 Å². The second kappa shape index (κ2) is 5.70. The number of nitrogens with zero attached hydrogens (tertiary/aromatic N) is 3. The summed E-state index contributed by atoms with van der Waals surface area (Å²) in [5.41, 5.74) is 8.22. The first kappa shape index (κ1) is 15.6. The Hall–Kier alpha value is -2.33. The second-order valence-electron chi connectivity index (χ2n) is 6.52. The van der Waals surface area contributed by atoms with Crippen LogP contribution in [0.4, 0.5) is 5.69 Å². The maximum atomic E-state index is 5.99. The van der Waals surface area contributed by atoms with E-state index >= 15 is 0 Å². The van der Waals surface area contributed by atoms with Crippen LogP contribution in [0.15, 0.2) is 48.5 Å². The van der Waals surface area contributed by atoms with Crippen LogP contribution in [0, 0.1) is 0 Å². The molecule has 3 aromatic rings. The number of hydrogen-bond acceptors (Lipinski definition) is 3. The van der Waals surface area contributed by atoms with E-state index in [1.165, 1.54) is 0 Å². The Morgan fingerprint density at radius 1 is 0.957 bits per heavy atom. The molecule has 5 heteroatoms. The topological polar surface area (TPSA) is 56.7 Å². The molecule has 1 aromatic heterocycles. The molecule has 0 atom stereocenters. The average Bonchev–Trinajstić information content (AvgIpc) is 2.94. The van der Waals surface area contributed by atoms with E-state index < -0.39 is 0 Å². The van der Waals surface area contributed by atoms with E-state index in [0.717, 1.165) is 22.8 Å². The molecule has 1 heterocycles. The monoisotopic (exact) mass is 326 g/mol.